The molecule has 2 aliphatic heterocycles. The summed E-state index contributed by atoms with van der Waals surface area (Å²) in [5, 5.41) is 0. The van der Waals surface area contributed by atoms with Crippen molar-refractivity contribution in [1.29, 1.82) is 0 Å². The van der Waals surface area contributed by atoms with Gasteiger partial charge >= 0.3 is 0 Å². The molecule has 0 bridgehead atoms. The van der Waals surface area contributed by atoms with E-state index in [1.165, 1.54) is 0 Å². The van der Waals surface area contributed by atoms with Gasteiger partial charge in [0.25, 0.3) is 11.8 Å². The summed E-state index contributed by atoms with van der Waals surface area (Å²) in [7, 11) is 1.87. The van der Waals surface area contributed by atoms with Crippen LogP contribution < -0.4 is 0 Å². The first-order chi connectivity index (χ1) is 13.6. The largest absolute Gasteiger partial charge is 0.347 e. The van der Waals surface area contributed by atoms with Crippen molar-refractivity contribution < 1.29 is 9.59 Å². The van der Waals surface area contributed by atoms with Crippen molar-refractivity contribution in [3.63, 3.8) is 0 Å². The first-order valence-electron chi connectivity index (χ1n) is 9.42. The smallest absolute Gasteiger partial charge is 0.271 e. The monoisotopic (exact) mass is 375 g/mol. The van der Waals surface area contributed by atoms with E-state index in [4.69, 9.17) is 0 Å². The SMILES string of the molecule is Cn1cccc1C(=O)N1C[C@@H]2[C@H](C1)N(Cc1ccccn1)C(=O)c1cccn12. The fraction of sp³-hybridized carbons (Fsp3) is 0.286. The number of aryl methyl sites for hydroxylation is 1. The lowest BCUT2D eigenvalue weighted by Crippen LogP contribution is -2.50. The van der Waals surface area contributed by atoms with Crippen molar-refractivity contribution >= 4 is 11.8 Å². The second-order valence-corrected chi connectivity index (χ2v) is 7.40. The lowest BCUT2D eigenvalue weighted by Gasteiger charge is -2.37. The summed E-state index contributed by atoms with van der Waals surface area (Å²) in [4.78, 5) is 34.3. The molecule has 2 amide bonds. The Morgan fingerprint density at radius 1 is 1.07 bits per heavy atom. The third-order valence-electron chi connectivity index (χ3n) is 5.78. The minimum absolute atomic E-state index is 0.000779. The number of likely N-dealkylation sites (tertiary alicyclic amines) is 1. The summed E-state index contributed by atoms with van der Waals surface area (Å²) in [5.41, 5.74) is 2.18. The van der Waals surface area contributed by atoms with E-state index in [0.717, 1.165) is 5.69 Å². The highest BCUT2D eigenvalue weighted by atomic mass is 16.2. The number of amides is 2. The molecule has 0 saturated carbocycles. The molecular weight excluding hydrogens is 354 g/mol. The second kappa shape index (κ2) is 6.37. The van der Waals surface area contributed by atoms with Crippen LogP contribution in [0.2, 0.25) is 0 Å². The van der Waals surface area contributed by atoms with E-state index in [-0.39, 0.29) is 23.9 Å². The van der Waals surface area contributed by atoms with Crippen LogP contribution in [0, 0.1) is 0 Å². The molecule has 0 aliphatic carbocycles. The molecular formula is C21H21N5O2. The van der Waals surface area contributed by atoms with Gasteiger partial charge in [0.15, 0.2) is 0 Å². The first kappa shape index (κ1) is 16.8. The molecule has 5 rings (SSSR count). The zero-order valence-electron chi connectivity index (χ0n) is 15.6. The number of fused-ring (bicyclic) bond motifs is 3. The molecule has 1 fully saturated rings. The highest BCUT2D eigenvalue weighted by Crippen LogP contribution is 2.35. The maximum atomic E-state index is 13.2. The molecule has 0 radical (unpaired) electrons. The quantitative estimate of drug-likeness (QED) is 0.703. The Kier molecular flexibility index (Phi) is 3.82. The maximum Gasteiger partial charge on any atom is 0.271 e. The van der Waals surface area contributed by atoms with E-state index in [2.05, 4.69) is 4.98 Å². The molecule has 142 valence electrons. The topological polar surface area (TPSA) is 63.4 Å². The van der Waals surface area contributed by atoms with Crippen LogP contribution in [-0.2, 0) is 13.6 Å². The molecule has 0 N–H and O–H groups in total. The predicted molar refractivity (Wildman–Crippen MR) is 103 cm³/mol. The average Bonchev–Trinajstić information content (AvgIpc) is 3.44. The average molecular weight is 375 g/mol. The van der Waals surface area contributed by atoms with Crippen LogP contribution in [0.5, 0.6) is 0 Å². The van der Waals surface area contributed by atoms with Crippen molar-refractivity contribution in [2.45, 2.75) is 18.6 Å². The normalized spacial score (nSPS) is 21.0. The molecule has 5 heterocycles. The minimum Gasteiger partial charge on any atom is -0.347 e. The van der Waals surface area contributed by atoms with E-state index in [1.807, 2.05) is 80.8 Å². The summed E-state index contributed by atoms with van der Waals surface area (Å²) in [6, 6.07) is 13.2. The minimum atomic E-state index is -0.0707. The number of carbonyl (C=O) groups excluding carboxylic acids is 2. The lowest BCUT2D eigenvalue weighted by atomic mass is 10.1. The van der Waals surface area contributed by atoms with Crippen molar-refractivity contribution in [2.24, 2.45) is 7.05 Å². The Morgan fingerprint density at radius 2 is 1.89 bits per heavy atom. The maximum absolute atomic E-state index is 13.2. The van der Waals surface area contributed by atoms with E-state index < -0.39 is 0 Å². The standard InChI is InChI=1S/C21H21N5O2/c1-23-10-4-7-16(23)20(27)24-13-18-19(14-24)26(12-15-6-2-3-9-22-15)21(28)17-8-5-11-25(17)18/h2-11,18-19H,12-14H2,1H3/t18-,19+/m1/s1. The zero-order valence-corrected chi connectivity index (χ0v) is 15.6. The summed E-state index contributed by atoms with van der Waals surface area (Å²) in [5.74, 6) is -0.00842. The van der Waals surface area contributed by atoms with E-state index in [1.54, 1.807) is 6.20 Å². The van der Waals surface area contributed by atoms with Crippen LogP contribution in [0.4, 0.5) is 0 Å². The third kappa shape index (κ3) is 2.54. The van der Waals surface area contributed by atoms with Gasteiger partial charge in [-0.1, -0.05) is 6.07 Å². The number of aromatic nitrogens is 3. The van der Waals surface area contributed by atoms with Crippen LogP contribution in [0.25, 0.3) is 0 Å². The van der Waals surface area contributed by atoms with Crippen molar-refractivity contribution in [3.8, 4) is 0 Å². The van der Waals surface area contributed by atoms with Crippen LogP contribution >= 0.6 is 0 Å². The van der Waals surface area contributed by atoms with Gasteiger partial charge in [-0.3, -0.25) is 14.6 Å². The molecule has 1 saturated heterocycles. The molecule has 0 spiro atoms. The molecule has 3 aromatic rings. The van der Waals surface area contributed by atoms with E-state index in [9.17, 15) is 9.59 Å². The molecule has 2 aliphatic rings. The fourth-order valence-electron chi connectivity index (χ4n) is 4.38. The molecule has 2 atom stereocenters. The van der Waals surface area contributed by atoms with Crippen LogP contribution in [0.15, 0.2) is 61.1 Å². The van der Waals surface area contributed by atoms with Crippen molar-refractivity contribution in [1.82, 2.24) is 23.9 Å². The lowest BCUT2D eigenvalue weighted by molar-refractivity contribution is 0.0547. The van der Waals surface area contributed by atoms with Gasteiger partial charge in [-0.05, 0) is 36.4 Å². The van der Waals surface area contributed by atoms with Crippen molar-refractivity contribution in [2.75, 3.05) is 13.1 Å². The summed E-state index contributed by atoms with van der Waals surface area (Å²) in [6.07, 6.45) is 5.56. The van der Waals surface area contributed by atoms with Crippen LogP contribution in [0.3, 0.4) is 0 Å². The first-order valence-corrected chi connectivity index (χ1v) is 9.42. The second-order valence-electron chi connectivity index (χ2n) is 7.40. The fourth-order valence-corrected chi connectivity index (χ4v) is 4.38. The summed E-state index contributed by atoms with van der Waals surface area (Å²) in [6.45, 7) is 1.55. The van der Waals surface area contributed by atoms with Gasteiger partial charge in [-0.25, -0.2) is 0 Å². The number of hydrogen-bond acceptors (Lipinski definition) is 3. The zero-order chi connectivity index (χ0) is 19.3. The molecule has 7 heteroatoms. The van der Waals surface area contributed by atoms with E-state index in [0.29, 0.717) is 31.0 Å². The van der Waals surface area contributed by atoms with Gasteiger partial charge < -0.3 is 18.9 Å². The summed E-state index contributed by atoms with van der Waals surface area (Å²) < 4.78 is 3.86. The Bertz CT molecular complexity index is 1040. The van der Waals surface area contributed by atoms with Crippen LogP contribution in [0.1, 0.15) is 32.7 Å². The molecule has 0 unspecified atom stereocenters. The van der Waals surface area contributed by atoms with Gasteiger partial charge in [0, 0.05) is 38.7 Å². The third-order valence-corrected chi connectivity index (χ3v) is 5.78. The highest BCUT2D eigenvalue weighted by molar-refractivity contribution is 5.95. The number of nitrogens with zero attached hydrogens (tertiary/aromatic N) is 5. The van der Waals surface area contributed by atoms with Crippen molar-refractivity contribution in [3.05, 3.63) is 78.1 Å². The number of carbonyl (C=O) groups is 2. The van der Waals surface area contributed by atoms with Crippen LogP contribution in [-0.4, -0.2) is 54.9 Å². The Morgan fingerprint density at radius 3 is 2.64 bits per heavy atom. The van der Waals surface area contributed by atoms with Gasteiger partial charge in [-0.2, -0.15) is 0 Å². The number of pyridine rings is 1. The molecule has 0 aromatic carbocycles. The highest BCUT2D eigenvalue weighted by Gasteiger charge is 2.46. The number of hydrogen-bond donors (Lipinski definition) is 0. The molecule has 3 aromatic heterocycles. The predicted octanol–water partition coefficient (Wildman–Crippen LogP) is 1.94. The molecule has 7 nitrogen and oxygen atoms in total. The Labute approximate surface area is 162 Å². The Balaban J connectivity index is 1.48. The van der Waals surface area contributed by atoms with Gasteiger partial charge in [-0.15, -0.1) is 0 Å². The van der Waals surface area contributed by atoms with Gasteiger partial charge in [0.1, 0.15) is 11.4 Å². The van der Waals surface area contributed by atoms with Gasteiger partial charge in [0.2, 0.25) is 0 Å². The number of rotatable bonds is 3. The Hall–Kier alpha value is -3.35. The van der Waals surface area contributed by atoms with Gasteiger partial charge in [0.05, 0.1) is 24.3 Å². The summed E-state index contributed by atoms with van der Waals surface area (Å²) >= 11 is 0. The van der Waals surface area contributed by atoms with E-state index >= 15 is 0 Å². The molecule has 28 heavy (non-hydrogen) atoms.